The maximum absolute atomic E-state index is 4.68. The summed E-state index contributed by atoms with van der Waals surface area (Å²) in [5.41, 5.74) is 0. The second-order valence-electron chi connectivity index (χ2n) is 4.79. The van der Waals surface area contributed by atoms with Crippen molar-refractivity contribution in [3.8, 4) is 0 Å². The Kier molecular flexibility index (Phi) is 4.24. The molecule has 0 spiro atoms. The van der Waals surface area contributed by atoms with Gasteiger partial charge < -0.3 is 10.2 Å². The molecule has 0 atom stereocenters. The zero-order chi connectivity index (χ0) is 12.1. The molecular formula is C14H23N3. The standard InChI is InChI=1S/C14H23N3/c1-3-10-15-13-6-5-7-14(16-13)17(4-2)11-12-8-9-12/h5-7,12H,3-4,8-11H2,1-2H3,(H,15,16). The van der Waals surface area contributed by atoms with E-state index in [4.69, 9.17) is 0 Å². The summed E-state index contributed by atoms with van der Waals surface area (Å²) in [5.74, 6) is 3.02. The van der Waals surface area contributed by atoms with E-state index < -0.39 is 0 Å². The largest absolute Gasteiger partial charge is 0.370 e. The SMILES string of the molecule is CCCNc1cccc(N(CC)CC2CC2)n1. The van der Waals surface area contributed by atoms with Crippen LogP contribution in [-0.2, 0) is 0 Å². The first-order valence-corrected chi connectivity index (χ1v) is 6.79. The molecule has 0 aliphatic heterocycles. The van der Waals surface area contributed by atoms with Crippen LogP contribution in [0.4, 0.5) is 11.6 Å². The molecule has 0 aromatic carbocycles. The van der Waals surface area contributed by atoms with Crippen molar-refractivity contribution >= 4 is 11.6 Å². The summed E-state index contributed by atoms with van der Waals surface area (Å²) in [4.78, 5) is 7.06. The summed E-state index contributed by atoms with van der Waals surface area (Å²) in [6, 6.07) is 6.25. The Hall–Kier alpha value is -1.25. The fraction of sp³-hybridized carbons (Fsp3) is 0.643. The number of nitrogens with one attached hydrogen (secondary N) is 1. The van der Waals surface area contributed by atoms with Gasteiger partial charge in [0, 0.05) is 19.6 Å². The molecule has 1 aromatic rings. The number of hydrogen-bond donors (Lipinski definition) is 1. The van der Waals surface area contributed by atoms with Crippen LogP contribution >= 0.6 is 0 Å². The van der Waals surface area contributed by atoms with E-state index in [1.807, 2.05) is 6.07 Å². The minimum Gasteiger partial charge on any atom is -0.370 e. The summed E-state index contributed by atoms with van der Waals surface area (Å²) in [7, 11) is 0. The van der Waals surface area contributed by atoms with E-state index in [-0.39, 0.29) is 0 Å². The van der Waals surface area contributed by atoms with Crippen molar-refractivity contribution in [1.82, 2.24) is 4.98 Å². The predicted octanol–water partition coefficient (Wildman–Crippen LogP) is 3.14. The van der Waals surface area contributed by atoms with Gasteiger partial charge in [-0.15, -0.1) is 0 Å². The fourth-order valence-electron chi connectivity index (χ4n) is 1.95. The Labute approximate surface area is 104 Å². The zero-order valence-corrected chi connectivity index (χ0v) is 10.9. The molecular weight excluding hydrogens is 210 g/mol. The Balaban J connectivity index is 2.01. The maximum Gasteiger partial charge on any atom is 0.130 e. The number of anilines is 2. The lowest BCUT2D eigenvalue weighted by atomic mass is 10.3. The van der Waals surface area contributed by atoms with Crippen LogP contribution in [0.25, 0.3) is 0 Å². The summed E-state index contributed by atoms with van der Waals surface area (Å²) in [6.45, 7) is 7.57. The molecule has 17 heavy (non-hydrogen) atoms. The second-order valence-corrected chi connectivity index (χ2v) is 4.79. The molecule has 1 fully saturated rings. The molecule has 0 saturated heterocycles. The molecule has 1 heterocycles. The van der Waals surface area contributed by atoms with Gasteiger partial charge in [0.15, 0.2) is 0 Å². The number of pyridine rings is 1. The highest BCUT2D eigenvalue weighted by Gasteiger charge is 2.24. The van der Waals surface area contributed by atoms with Crippen molar-refractivity contribution in [3.63, 3.8) is 0 Å². The van der Waals surface area contributed by atoms with E-state index in [9.17, 15) is 0 Å². The molecule has 1 aromatic heterocycles. The van der Waals surface area contributed by atoms with Crippen LogP contribution in [0.3, 0.4) is 0 Å². The summed E-state index contributed by atoms with van der Waals surface area (Å²) < 4.78 is 0. The average Bonchev–Trinajstić information content (AvgIpc) is 3.18. The highest BCUT2D eigenvalue weighted by Crippen LogP contribution is 2.31. The second kappa shape index (κ2) is 5.89. The van der Waals surface area contributed by atoms with Crippen molar-refractivity contribution in [2.45, 2.75) is 33.1 Å². The number of nitrogens with zero attached hydrogens (tertiary/aromatic N) is 2. The first kappa shape index (κ1) is 12.2. The van der Waals surface area contributed by atoms with Gasteiger partial charge in [-0.25, -0.2) is 4.98 Å². The lowest BCUT2D eigenvalue weighted by Gasteiger charge is -2.22. The summed E-state index contributed by atoms with van der Waals surface area (Å²) >= 11 is 0. The average molecular weight is 233 g/mol. The van der Waals surface area contributed by atoms with Gasteiger partial charge in [0.1, 0.15) is 11.6 Å². The molecule has 2 rings (SSSR count). The van der Waals surface area contributed by atoms with Gasteiger partial charge in [0.2, 0.25) is 0 Å². The van der Waals surface area contributed by atoms with Crippen molar-refractivity contribution in [2.75, 3.05) is 29.9 Å². The number of aromatic nitrogens is 1. The quantitative estimate of drug-likeness (QED) is 0.784. The molecule has 94 valence electrons. The van der Waals surface area contributed by atoms with Crippen LogP contribution in [-0.4, -0.2) is 24.6 Å². The van der Waals surface area contributed by atoms with Crippen molar-refractivity contribution in [1.29, 1.82) is 0 Å². The molecule has 3 heteroatoms. The fourth-order valence-corrected chi connectivity index (χ4v) is 1.95. The van der Waals surface area contributed by atoms with E-state index in [2.05, 4.69) is 41.2 Å². The van der Waals surface area contributed by atoms with E-state index in [0.717, 1.165) is 37.1 Å². The summed E-state index contributed by atoms with van der Waals surface area (Å²) in [5, 5.41) is 3.34. The van der Waals surface area contributed by atoms with Gasteiger partial charge in [-0.05, 0) is 44.2 Å². The van der Waals surface area contributed by atoms with E-state index in [1.165, 1.54) is 19.4 Å². The highest BCUT2D eigenvalue weighted by atomic mass is 15.2. The lowest BCUT2D eigenvalue weighted by molar-refractivity contribution is 0.732. The van der Waals surface area contributed by atoms with Gasteiger partial charge in [-0.3, -0.25) is 0 Å². The third-order valence-electron chi connectivity index (χ3n) is 3.17. The maximum atomic E-state index is 4.68. The van der Waals surface area contributed by atoms with Gasteiger partial charge in [0.25, 0.3) is 0 Å². The van der Waals surface area contributed by atoms with Crippen LogP contribution in [0.2, 0.25) is 0 Å². The number of rotatable bonds is 7. The van der Waals surface area contributed by atoms with Gasteiger partial charge in [-0.2, -0.15) is 0 Å². The predicted molar refractivity (Wildman–Crippen MR) is 73.6 cm³/mol. The van der Waals surface area contributed by atoms with Crippen LogP contribution in [0.5, 0.6) is 0 Å². The third-order valence-corrected chi connectivity index (χ3v) is 3.17. The molecule has 0 amide bonds. The Morgan fingerprint density at radius 2 is 2.18 bits per heavy atom. The lowest BCUT2D eigenvalue weighted by Crippen LogP contribution is -2.26. The van der Waals surface area contributed by atoms with Crippen molar-refractivity contribution in [3.05, 3.63) is 18.2 Å². The molecule has 0 radical (unpaired) electrons. The smallest absolute Gasteiger partial charge is 0.130 e. The minimum absolute atomic E-state index is 0.906. The van der Waals surface area contributed by atoms with Crippen LogP contribution in [0.15, 0.2) is 18.2 Å². The van der Waals surface area contributed by atoms with E-state index in [1.54, 1.807) is 0 Å². The Bertz CT molecular complexity index is 347. The van der Waals surface area contributed by atoms with Gasteiger partial charge in [-0.1, -0.05) is 13.0 Å². The van der Waals surface area contributed by atoms with Crippen LogP contribution in [0.1, 0.15) is 33.1 Å². The van der Waals surface area contributed by atoms with Crippen LogP contribution in [0, 0.1) is 5.92 Å². The summed E-state index contributed by atoms with van der Waals surface area (Å²) in [6.07, 6.45) is 3.92. The molecule has 3 nitrogen and oxygen atoms in total. The number of hydrogen-bond acceptors (Lipinski definition) is 3. The Morgan fingerprint density at radius 3 is 2.82 bits per heavy atom. The molecule has 1 N–H and O–H groups in total. The Morgan fingerprint density at radius 1 is 1.35 bits per heavy atom. The highest BCUT2D eigenvalue weighted by molar-refractivity contribution is 5.47. The van der Waals surface area contributed by atoms with Crippen LogP contribution < -0.4 is 10.2 Å². The molecule has 1 aliphatic rings. The van der Waals surface area contributed by atoms with Gasteiger partial charge >= 0.3 is 0 Å². The molecule has 1 aliphatic carbocycles. The first-order chi connectivity index (χ1) is 8.33. The minimum atomic E-state index is 0.906. The zero-order valence-electron chi connectivity index (χ0n) is 10.9. The third kappa shape index (κ3) is 3.62. The monoisotopic (exact) mass is 233 g/mol. The molecule has 1 saturated carbocycles. The normalized spacial score (nSPS) is 14.7. The molecule has 0 unspecified atom stereocenters. The first-order valence-electron chi connectivity index (χ1n) is 6.79. The van der Waals surface area contributed by atoms with E-state index >= 15 is 0 Å². The van der Waals surface area contributed by atoms with Crippen molar-refractivity contribution < 1.29 is 0 Å². The molecule has 0 bridgehead atoms. The van der Waals surface area contributed by atoms with E-state index in [0.29, 0.717) is 0 Å². The van der Waals surface area contributed by atoms with Crippen molar-refractivity contribution in [2.24, 2.45) is 5.92 Å². The van der Waals surface area contributed by atoms with Gasteiger partial charge in [0.05, 0.1) is 0 Å². The topological polar surface area (TPSA) is 28.2 Å².